The van der Waals surface area contributed by atoms with E-state index in [-0.39, 0.29) is 6.19 Å². The molecule has 0 fully saturated rings. The van der Waals surface area contributed by atoms with Gasteiger partial charge in [0.05, 0.1) is 1.37 Å². The Morgan fingerprint density at radius 2 is 2.75 bits per heavy atom. The second-order valence-electron chi connectivity index (χ2n) is 0.324. The molecule has 4 heavy (non-hydrogen) atoms. The van der Waals surface area contributed by atoms with E-state index in [2.05, 4.69) is 5.16 Å². The van der Waals surface area contributed by atoms with Gasteiger partial charge in [-0.05, 0) is 6.92 Å². The summed E-state index contributed by atoms with van der Waals surface area (Å²) in [5.41, 5.74) is 0. The average Bonchev–Trinajstić information content (AvgIpc) is 1.38. The van der Waals surface area contributed by atoms with Gasteiger partial charge in [0.15, 0.2) is 0 Å². The Labute approximate surface area is 26.2 Å². The van der Waals surface area contributed by atoms with Crippen LogP contribution in [0, 0.1) is 0 Å². The van der Waals surface area contributed by atoms with E-state index in [1.54, 1.807) is 0 Å². The van der Waals surface area contributed by atoms with Crippen LogP contribution in [0.1, 0.15) is 8.29 Å². The minimum Gasteiger partial charge on any atom is -0.411 e. The number of oxime groups is 1. The van der Waals surface area contributed by atoms with Gasteiger partial charge in [-0.25, -0.2) is 0 Å². The topological polar surface area (TPSA) is 32.6 Å². The fourth-order valence-corrected chi connectivity index (χ4v) is 0. The lowest BCUT2D eigenvalue weighted by Crippen LogP contribution is -1.49. The summed E-state index contributed by atoms with van der Waals surface area (Å²) in [7, 11) is 0. The fourth-order valence-electron chi connectivity index (χ4n) is 0. The molecule has 0 aromatic rings. The number of nitrogens with zero attached hydrogens (tertiary/aromatic N) is 1. The second kappa shape index (κ2) is 2.47. The predicted octanol–water partition coefficient (Wildman–Crippen LogP) is 0.466. The van der Waals surface area contributed by atoms with Crippen LogP contribution in [0.4, 0.5) is 0 Å². The van der Waals surface area contributed by atoms with Crippen LogP contribution in [0.2, 0.25) is 0 Å². The van der Waals surface area contributed by atoms with E-state index in [4.69, 9.17) is 6.58 Å². The maximum absolute atomic E-state index is 7.54. The molecule has 0 aliphatic rings. The monoisotopic (exact) mass is 61.0 g/mol. The smallest absolute Gasteiger partial charge is 0.0824 e. The van der Waals surface area contributed by atoms with Crippen LogP contribution in [-0.2, 0) is 0 Å². The second-order valence-corrected chi connectivity index (χ2v) is 0.324. The first-order valence-electron chi connectivity index (χ1n) is 1.42. The van der Waals surface area contributed by atoms with E-state index in [1.165, 1.54) is 6.92 Å². The quantitative estimate of drug-likeness (QED) is 0.246. The van der Waals surface area contributed by atoms with E-state index >= 15 is 0 Å². The molecule has 24 valence electrons. The van der Waals surface area contributed by atoms with Crippen LogP contribution in [0.5, 0.6) is 0 Å². The highest BCUT2D eigenvalue weighted by Crippen LogP contribution is 1.38. The fraction of sp³-hybridized carbons (Fsp3) is 0.500. The summed E-state index contributed by atoms with van der Waals surface area (Å²) in [6.45, 7) is 1.39. The third-order valence-corrected chi connectivity index (χ3v) is 0.100. The van der Waals surface area contributed by atoms with Crippen molar-refractivity contribution in [1.82, 2.24) is 0 Å². The molecule has 0 rings (SSSR count). The van der Waals surface area contributed by atoms with Gasteiger partial charge in [-0.3, -0.25) is 0 Å². The van der Waals surface area contributed by atoms with Crippen LogP contribution >= 0.6 is 0 Å². The Hall–Kier alpha value is -0.530. The summed E-state index contributed by atoms with van der Waals surface area (Å²) >= 11 is 0. The van der Waals surface area contributed by atoms with Gasteiger partial charge in [-0.15, -0.1) is 5.16 Å². The molecular weight excluding hydrogens is 54.0 g/mol. The zero-order chi connectivity index (χ0) is 4.28. The van der Waals surface area contributed by atoms with Gasteiger partial charge in [0.25, 0.3) is 0 Å². The molecule has 0 unspecified atom stereocenters. The lowest BCUT2D eigenvalue weighted by Gasteiger charge is -1.54. The number of rotatable bonds is 0. The van der Waals surface area contributed by atoms with Crippen molar-refractivity contribution in [2.75, 3.05) is 0 Å². The van der Waals surface area contributed by atoms with E-state index in [0.29, 0.717) is 0 Å². The molecule has 0 aromatic carbocycles. The van der Waals surface area contributed by atoms with Crippen molar-refractivity contribution in [2.24, 2.45) is 5.16 Å². The van der Waals surface area contributed by atoms with Crippen LogP contribution in [0.15, 0.2) is 5.16 Å². The van der Waals surface area contributed by atoms with Crippen LogP contribution in [0.3, 0.4) is 0 Å². The summed E-state index contributed by atoms with van der Waals surface area (Å²) in [5.74, 6) is 0. The highest BCUT2D eigenvalue weighted by molar-refractivity contribution is 5.51. The molecule has 0 spiro atoms. The van der Waals surface area contributed by atoms with Gasteiger partial charge in [-0.2, -0.15) is 0 Å². The summed E-state index contributed by atoms with van der Waals surface area (Å²) in [6, 6.07) is 0. The van der Waals surface area contributed by atoms with Crippen molar-refractivity contribution in [2.45, 2.75) is 6.92 Å². The van der Waals surface area contributed by atoms with Gasteiger partial charge in [0.2, 0.25) is 0 Å². The van der Waals surface area contributed by atoms with Crippen molar-refractivity contribution < 1.29 is 6.58 Å². The summed E-state index contributed by atoms with van der Waals surface area (Å²) in [5, 5.41) is 10.0. The normalized spacial score (nSPS) is 15.2. The van der Waals surface area contributed by atoms with Crippen LogP contribution < -0.4 is 0 Å². The van der Waals surface area contributed by atoms with Gasteiger partial charge < -0.3 is 5.21 Å². The number of hydrogen-bond donors (Lipinski definition) is 1. The molecule has 0 aliphatic heterocycles. The predicted molar refractivity (Wildman–Crippen MR) is 16.0 cm³/mol. The molecule has 0 radical (unpaired) electrons. The third-order valence-electron chi connectivity index (χ3n) is 0.100. The average molecular weight is 61.1 g/mol. The molecule has 1 N–H and O–H groups in total. The van der Waals surface area contributed by atoms with Crippen molar-refractivity contribution in [1.29, 1.82) is 0 Å². The minimum absolute atomic E-state index is 0.0648. The first-order valence-corrected chi connectivity index (χ1v) is 0.924. The Kier molecular flexibility index (Phi) is 1.09. The highest BCUT2D eigenvalue weighted by atomic mass is 16.4. The number of hydrogen-bond acceptors (Lipinski definition) is 2. The third kappa shape index (κ3) is 1.47. The van der Waals surface area contributed by atoms with E-state index in [0.717, 1.165) is 0 Å². The Balaban J connectivity index is 3.14. The Bertz CT molecular complexity index is 47.6. The Morgan fingerprint density at radius 1 is 2.50 bits per heavy atom. The maximum Gasteiger partial charge on any atom is 0.0824 e. The zero-order valence-electron chi connectivity index (χ0n) is 3.39. The van der Waals surface area contributed by atoms with Crippen LogP contribution in [0.25, 0.3) is 0 Å². The lowest BCUT2D eigenvalue weighted by atomic mass is 10.9. The van der Waals surface area contributed by atoms with Gasteiger partial charge in [0, 0.05) is 6.19 Å². The van der Waals surface area contributed by atoms with Crippen LogP contribution in [-0.4, -0.2) is 11.4 Å². The van der Waals surface area contributed by atoms with Gasteiger partial charge >= 0.3 is 0 Å². The van der Waals surface area contributed by atoms with E-state index in [1.807, 2.05) is 0 Å². The minimum atomic E-state index is -0.0648. The van der Waals surface area contributed by atoms with Crippen molar-refractivity contribution in [3.8, 4) is 0 Å². The summed E-state index contributed by atoms with van der Waals surface area (Å²) in [6.07, 6.45) is -0.0648. The van der Waals surface area contributed by atoms with Crippen molar-refractivity contribution in [3.05, 3.63) is 0 Å². The molecule has 0 aliphatic carbocycles. The zero-order valence-corrected chi connectivity index (χ0v) is 2.39. The summed E-state index contributed by atoms with van der Waals surface area (Å²) in [4.78, 5) is 0. The highest BCUT2D eigenvalue weighted by Gasteiger charge is 1.34. The maximum atomic E-state index is 7.54. The largest absolute Gasteiger partial charge is 0.411 e. The molecular formula is C2H5NO. The van der Waals surface area contributed by atoms with Gasteiger partial charge in [0.1, 0.15) is 0 Å². The molecule has 0 atom stereocenters. The van der Waals surface area contributed by atoms with Crippen molar-refractivity contribution >= 4 is 6.19 Å². The van der Waals surface area contributed by atoms with Gasteiger partial charge in [-0.1, -0.05) is 0 Å². The van der Waals surface area contributed by atoms with E-state index < -0.39 is 0 Å². The molecule has 2 heteroatoms. The lowest BCUT2D eigenvalue weighted by molar-refractivity contribution is 0.321. The molecule has 0 heterocycles. The SMILES string of the molecule is [3H]/C(C)=N/O. The standard InChI is InChI=1S/C2H5NO/c1-2-3-4/h2,4H,1H3/b3-2-/i2T. The molecule has 2 nitrogen and oxygen atoms in total. The molecule has 0 aromatic heterocycles. The van der Waals surface area contributed by atoms with Crippen molar-refractivity contribution in [3.63, 3.8) is 0 Å². The molecule has 0 amide bonds. The molecule has 0 saturated heterocycles. The van der Waals surface area contributed by atoms with E-state index in [9.17, 15) is 0 Å². The summed E-state index contributed by atoms with van der Waals surface area (Å²) < 4.78 is 6.33. The first-order chi connectivity index (χ1) is 2.27. The molecule has 0 saturated carbocycles. The molecule has 0 bridgehead atoms. The Morgan fingerprint density at radius 3 is 2.75 bits per heavy atom. The first kappa shape index (κ1) is 1.76.